The Labute approximate surface area is 184 Å². The van der Waals surface area contributed by atoms with E-state index in [0.717, 1.165) is 12.6 Å². The zero-order chi connectivity index (χ0) is 23.1. The summed E-state index contributed by atoms with van der Waals surface area (Å²) in [5.74, 6) is 0.772. The highest BCUT2D eigenvalue weighted by Crippen LogP contribution is 2.37. The Kier molecular flexibility index (Phi) is 7.40. The summed E-state index contributed by atoms with van der Waals surface area (Å²) in [6, 6.07) is 13.8. The molecule has 0 aliphatic rings. The van der Waals surface area contributed by atoms with Crippen LogP contribution >= 0.6 is 0 Å². The summed E-state index contributed by atoms with van der Waals surface area (Å²) >= 11 is 0. The van der Waals surface area contributed by atoms with Gasteiger partial charge in [-0.3, -0.25) is 0 Å². The second-order valence-electron chi connectivity index (χ2n) is 7.24. The predicted octanol–water partition coefficient (Wildman–Crippen LogP) is 6.56. The molecule has 2 aromatic carbocycles. The zero-order valence-electron chi connectivity index (χ0n) is 18.0. The molecule has 0 amide bonds. The van der Waals surface area contributed by atoms with Crippen molar-refractivity contribution in [3.05, 3.63) is 60.3 Å². The number of anilines is 4. The summed E-state index contributed by atoms with van der Waals surface area (Å²) in [6.45, 7) is 6.23. The second-order valence-corrected chi connectivity index (χ2v) is 7.24. The Bertz CT molecular complexity index is 1020. The van der Waals surface area contributed by atoms with E-state index >= 15 is 0 Å². The van der Waals surface area contributed by atoms with Crippen LogP contribution in [0.5, 0.6) is 11.5 Å². The number of aromatic nitrogens is 2. The SMILES string of the molecule is CCCOc1ccccc1Nc1nc(Nc2ccc(OC(C)C)cc2)ncc1C(F)(F)F. The number of halogens is 3. The first-order chi connectivity index (χ1) is 15.3. The standard InChI is InChI=1S/C23H25F3N4O2/c1-4-13-31-20-8-6-5-7-19(20)29-21-18(23(24,25)26)14-27-22(30-21)28-16-9-11-17(12-10-16)32-15(2)3/h5-12,14-15H,4,13H2,1-3H3,(H2,27,28,29,30). The molecule has 0 aliphatic carbocycles. The first-order valence-electron chi connectivity index (χ1n) is 10.2. The molecule has 170 valence electrons. The lowest BCUT2D eigenvalue weighted by Crippen LogP contribution is -2.13. The second kappa shape index (κ2) is 10.2. The lowest BCUT2D eigenvalue weighted by Gasteiger charge is -2.17. The van der Waals surface area contributed by atoms with Gasteiger partial charge in [-0.2, -0.15) is 18.2 Å². The Morgan fingerprint density at radius 1 is 1.00 bits per heavy atom. The number of para-hydroxylation sites is 2. The molecule has 0 saturated carbocycles. The van der Waals surface area contributed by atoms with Crippen LogP contribution in [0.25, 0.3) is 0 Å². The molecule has 32 heavy (non-hydrogen) atoms. The number of nitrogens with zero attached hydrogens (tertiary/aromatic N) is 2. The highest BCUT2D eigenvalue weighted by atomic mass is 19.4. The molecule has 3 rings (SSSR count). The highest BCUT2D eigenvalue weighted by Gasteiger charge is 2.35. The number of alkyl halides is 3. The van der Waals surface area contributed by atoms with Gasteiger partial charge in [0.05, 0.1) is 18.4 Å². The summed E-state index contributed by atoms with van der Waals surface area (Å²) in [4.78, 5) is 7.92. The molecule has 1 aromatic heterocycles. The maximum absolute atomic E-state index is 13.6. The quantitative estimate of drug-likeness (QED) is 0.388. The third kappa shape index (κ3) is 6.26. The van der Waals surface area contributed by atoms with Crippen LogP contribution in [-0.4, -0.2) is 22.7 Å². The number of rotatable bonds is 9. The molecule has 0 spiro atoms. The maximum Gasteiger partial charge on any atom is 0.421 e. The third-order valence-corrected chi connectivity index (χ3v) is 4.18. The number of hydrogen-bond donors (Lipinski definition) is 2. The predicted molar refractivity (Wildman–Crippen MR) is 118 cm³/mol. The Hall–Kier alpha value is -3.49. The van der Waals surface area contributed by atoms with Crippen molar-refractivity contribution < 1.29 is 22.6 Å². The van der Waals surface area contributed by atoms with Gasteiger partial charge in [-0.15, -0.1) is 0 Å². The van der Waals surface area contributed by atoms with Gasteiger partial charge in [-0.05, 0) is 56.7 Å². The van der Waals surface area contributed by atoms with Gasteiger partial charge < -0.3 is 20.1 Å². The van der Waals surface area contributed by atoms with E-state index in [1.165, 1.54) is 0 Å². The minimum absolute atomic E-state index is 0.0185. The Morgan fingerprint density at radius 3 is 2.38 bits per heavy atom. The van der Waals surface area contributed by atoms with E-state index in [2.05, 4.69) is 20.6 Å². The number of hydrogen-bond acceptors (Lipinski definition) is 6. The summed E-state index contributed by atoms with van der Waals surface area (Å²) in [7, 11) is 0. The van der Waals surface area contributed by atoms with E-state index < -0.39 is 11.7 Å². The largest absolute Gasteiger partial charge is 0.491 e. The van der Waals surface area contributed by atoms with Crippen molar-refractivity contribution in [1.29, 1.82) is 0 Å². The first-order valence-corrected chi connectivity index (χ1v) is 10.2. The minimum Gasteiger partial charge on any atom is -0.491 e. The summed E-state index contributed by atoms with van der Waals surface area (Å²) < 4.78 is 52.0. The van der Waals surface area contributed by atoms with E-state index in [9.17, 15) is 13.2 Å². The molecule has 2 N–H and O–H groups in total. The minimum atomic E-state index is -4.63. The lowest BCUT2D eigenvalue weighted by molar-refractivity contribution is -0.137. The van der Waals surface area contributed by atoms with Crippen molar-refractivity contribution in [2.45, 2.75) is 39.5 Å². The molecule has 0 unspecified atom stereocenters. The van der Waals surface area contributed by atoms with Gasteiger partial charge in [-0.25, -0.2) is 4.98 Å². The van der Waals surface area contributed by atoms with Gasteiger partial charge in [0.25, 0.3) is 0 Å². The van der Waals surface area contributed by atoms with E-state index in [-0.39, 0.29) is 17.9 Å². The van der Waals surface area contributed by atoms with Crippen molar-refractivity contribution in [3.63, 3.8) is 0 Å². The van der Waals surface area contributed by atoms with E-state index in [1.807, 2.05) is 20.8 Å². The normalized spacial score (nSPS) is 11.3. The lowest BCUT2D eigenvalue weighted by atomic mass is 10.2. The average molecular weight is 446 g/mol. The average Bonchev–Trinajstić information content (AvgIpc) is 2.73. The van der Waals surface area contributed by atoms with Gasteiger partial charge in [0, 0.05) is 11.9 Å². The van der Waals surface area contributed by atoms with Crippen molar-refractivity contribution in [2.75, 3.05) is 17.2 Å². The molecule has 0 fully saturated rings. The molecule has 0 atom stereocenters. The van der Waals surface area contributed by atoms with Crippen molar-refractivity contribution in [3.8, 4) is 11.5 Å². The fraction of sp³-hybridized carbons (Fsp3) is 0.304. The number of nitrogens with one attached hydrogen (secondary N) is 2. The zero-order valence-corrected chi connectivity index (χ0v) is 18.0. The molecule has 0 aliphatic heterocycles. The summed E-state index contributed by atoms with van der Waals surface area (Å²) in [6.07, 6.45) is -3.07. The van der Waals surface area contributed by atoms with Gasteiger partial charge in [0.1, 0.15) is 22.9 Å². The van der Waals surface area contributed by atoms with Crippen LogP contribution in [0, 0.1) is 0 Å². The molecule has 0 saturated heterocycles. The summed E-state index contributed by atoms with van der Waals surface area (Å²) in [5.41, 5.74) is 0.0128. The van der Waals surface area contributed by atoms with E-state index in [4.69, 9.17) is 9.47 Å². The molecular weight excluding hydrogens is 421 g/mol. The fourth-order valence-corrected chi connectivity index (χ4v) is 2.80. The van der Waals surface area contributed by atoms with Crippen LogP contribution in [0.15, 0.2) is 54.7 Å². The maximum atomic E-state index is 13.6. The molecule has 0 radical (unpaired) electrons. The van der Waals surface area contributed by atoms with Crippen molar-refractivity contribution >= 4 is 23.1 Å². The van der Waals surface area contributed by atoms with Crippen LogP contribution in [0.3, 0.4) is 0 Å². The monoisotopic (exact) mass is 446 g/mol. The van der Waals surface area contributed by atoms with Crippen LogP contribution < -0.4 is 20.1 Å². The molecular formula is C23H25F3N4O2. The van der Waals surface area contributed by atoms with Crippen molar-refractivity contribution in [1.82, 2.24) is 9.97 Å². The number of benzene rings is 2. The topological polar surface area (TPSA) is 68.3 Å². The first kappa shape index (κ1) is 23.2. The fourth-order valence-electron chi connectivity index (χ4n) is 2.80. The Morgan fingerprint density at radius 2 is 1.72 bits per heavy atom. The molecule has 3 aromatic rings. The van der Waals surface area contributed by atoms with Crippen LogP contribution in [0.2, 0.25) is 0 Å². The van der Waals surface area contributed by atoms with Crippen LogP contribution in [0.4, 0.5) is 36.3 Å². The highest BCUT2D eigenvalue weighted by molar-refractivity contribution is 5.67. The van der Waals surface area contributed by atoms with Gasteiger partial charge in [-0.1, -0.05) is 19.1 Å². The molecule has 1 heterocycles. The van der Waals surface area contributed by atoms with E-state index in [0.29, 0.717) is 29.5 Å². The molecule has 0 bridgehead atoms. The van der Waals surface area contributed by atoms with E-state index in [1.54, 1.807) is 48.5 Å². The summed E-state index contributed by atoms with van der Waals surface area (Å²) in [5, 5.41) is 5.68. The van der Waals surface area contributed by atoms with Gasteiger partial charge >= 0.3 is 6.18 Å². The smallest absolute Gasteiger partial charge is 0.421 e. The van der Waals surface area contributed by atoms with Gasteiger partial charge in [0.2, 0.25) is 5.95 Å². The van der Waals surface area contributed by atoms with Crippen LogP contribution in [-0.2, 0) is 6.18 Å². The van der Waals surface area contributed by atoms with Crippen LogP contribution in [0.1, 0.15) is 32.8 Å². The molecule has 9 heteroatoms. The van der Waals surface area contributed by atoms with Gasteiger partial charge in [0.15, 0.2) is 0 Å². The van der Waals surface area contributed by atoms with Crippen molar-refractivity contribution in [2.24, 2.45) is 0 Å². The number of ether oxygens (including phenoxy) is 2. The third-order valence-electron chi connectivity index (χ3n) is 4.18. The molecule has 6 nitrogen and oxygen atoms in total. The Balaban J connectivity index is 1.88.